The Morgan fingerprint density at radius 3 is 2.68 bits per heavy atom. The number of piperazine rings is 1. The summed E-state index contributed by atoms with van der Waals surface area (Å²) in [5, 5.41) is 0. The molecular weight excluding hydrogens is 478 g/mol. The number of guanidine groups is 1. The van der Waals surface area contributed by atoms with Crippen LogP contribution >= 0.6 is 24.0 Å². The van der Waals surface area contributed by atoms with Crippen molar-refractivity contribution in [3.05, 3.63) is 47.5 Å². The zero-order chi connectivity index (χ0) is 18.6. The van der Waals surface area contributed by atoms with Crippen LogP contribution in [0.25, 0.3) is 0 Å². The van der Waals surface area contributed by atoms with Crippen LogP contribution in [0.15, 0.2) is 35.6 Å². The van der Waals surface area contributed by atoms with Crippen molar-refractivity contribution in [1.29, 1.82) is 0 Å². The van der Waals surface area contributed by atoms with E-state index in [4.69, 9.17) is 15.2 Å². The first-order valence-electron chi connectivity index (χ1n) is 8.79. The molecule has 1 fully saturated rings. The van der Waals surface area contributed by atoms with Gasteiger partial charge < -0.3 is 25.0 Å². The zero-order valence-electron chi connectivity index (χ0n) is 15.3. The van der Waals surface area contributed by atoms with Gasteiger partial charge in [-0.15, -0.1) is 24.0 Å². The summed E-state index contributed by atoms with van der Waals surface area (Å²) in [5.41, 5.74) is 7.53. The van der Waals surface area contributed by atoms with Gasteiger partial charge in [-0.25, -0.2) is 19.4 Å². The van der Waals surface area contributed by atoms with Gasteiger partial charge in [-0.2, -0.15) is 0 Å². The third kappa shape index (κ3) is 4.61. The highest BCUT2D eigenvalue weighted by atomic mass is 127. The third-order valence-electron chi connectivity index (χ3n) is 4.60. The van der Waals surface area contributed by atoms with Crippen LogP contribution in [0.1, 0.15) is 11.1 Å². The van der Waals surface area contributed by atoms with E-state index in [9.17, 15) is 4.39 Å². The van der Waals surface area contributed by atoms with Crippen molar-refractivity contribution in [2.45, 2.75) is 13.2 Å². The number of rotatable bonds is 3. The van der Waals surface area contributed by atoms with E-state index >= 15 is 0 Å². The molecule has 4 rings (SSSR count). The lowest BCUT2D eigenvalue weighted by atomic mass is 10.1. The molecular formula is C18H22FIN6O2. The van der Waals surface area contributed by atoms with Gasteiger partial charge in [0.25, 0.3) is 0 Å². The lowest BCUT2D eigenvalue weighted by Crippen LogP contribution is -2.51. The highest BCUT2D eigenvalue weighted by Crippen LogP contribution is 2.30. The number of hydrogen-bond donors (Lipinski definition) is 1. The molecule has 1 aromatic carbocycles. The second-order valence-electron chi connectivity index (χ2n) is 6.36. The SMILES string of the molecule is I.NC(=NCc1cc(F)cc2c1OCOC2)N1CCN(c2ncccn2)CC1. The molecule has 2 aliphatic heterocycles. The minimum atomic E-state index is -0.330. The predicted octanol–water partition coefficient (Wildman–Crippen LogP) is 1.74. The quantitative estimate of drug-likeness (QED) is 0.390. The Morgan fingerprint density at radius 2 is 1.93 bits per heavy atom. The normalized spacial score (nSPS) is 16.8. The Kier molecular flexibility index (Phi) is 6.83. The van der Waals surface area contributed by atoms with Crippen molar-refractivity contribution in [3.8, 4) is 5.75 Å². The van der Waals surface area contributed by atoms with Crippen molar-refractivity contribution in [2.24, 2.45) is 10.7 Å². The van der Waals surface area contributed by atoms with Gasteiger partial charge in [-0.05, 0) is 18.2 Å². The first-order chi connectivity index (χ1) is 13.2. The average Bonchev–Trinajstić information content (AvgIpc) is 2.72. The fourth-order valence-corrected chi connectivity index (χ4v) is 3.23. The number of aliphatic imine (C=N–C) groups is 1. The van der Waals surface area contributed by atoms with Crippen LogP contribution in [-0.4, -0.2) is 53.8 Å². The van der Waals surface area contributed by atoms with Gasteiger partial charge in [0, 0.05) is 49.7 Å². The van der Waals surface area contributed by atoms with Gasteiger partial charge in [0.05, 0.1) is 13.2 Å². The molecule has 0 spiro atoms. The minimum Gasteiger partial charge on any atom is -0.467 e. The van der Waals surface area contributed by atoms with E-state index < -0.39 is 0 Å². The molecule has 1 aromatic heterocycles. The van der Waals surface area contributed by atoms with Gasteiger partial charge in [-0.1, -0.05) is 0 Å². The average molecular weight is 500 g/mol. The smallest absolute Gasteiger partial charge is 0.225 e. The number of anilines is 1. The molecule has 150 valence electrons. The molecule has 1 saturated heterocycles. The molecule has 2 N–H and O–H groups in total. The molecule has 0 amide bonds. The first-order valence-corrected chi connectivity index (χ1v) is 8.79. The van der Waals surface area contributed by atoms with Crippen LogP contribution in [0, 0.1) is 5.82 Å². The van der Waals surface area contributed by atoms with Crippen molar-refractivity contribution in [3.63, 3.8) is 0 Å². The minimum absolute atomic E-state index is 0. The molecule has 0 saturated carbocycles. The van der Waals surface area contributed by atoms with E-state index in [0.29, 0.717) is 29.4 Å². The summed E-state index contributed by atoms with van der Waals surface area (Å²) in [6, 6.07) is 4.66. The maximum atomic E-state index is 13.8. The van der Waals surface area contributed by atoms with Crippen LogP contribution in [-0.2, 0) is 17.9 Å². The fraction of sp³-hybridized carbons (Fsp3) is 0.389. The molecule has 0 aliphatic carbocycles. The number of fused-ring (bicyclic) bond motifs is 1. The second-order valence-corrected chi connectivity index (χ2v) is 6.36. The Morgan fingerprint density at radius 1 is 1.18 bits per heavy atom. The van der Waals surface area contributed by atoms with Crippen LogP contribution in [0.4, 0.5) is 10.3 Å². The molecule has 28 heavy (non-hydrogen) atoms. The summed E-state index contributed by atoms with van der Waals surface area (Å²) in [4.78, 5) is 17.1. The molecule has 0 atom stereocenters. The third-order valence-corrected chi connectivity index (χ3v) is 4.60. The lowest BCUT2D eigenvalue weighted by Gasteiger charge is -2.35. The van der Waals surface area contributed by atoms with Crippen LogP contribution < -0.4 is 15.4 Å². The molecule has 10 heteroatoms. The Balaban J connectivity index is 0.00000225. The molecule has 0 radical (unpaired) electrons. The maximum Gasteiger partial charge on any atom is 0.225 e. The van der Waals surface area contributed by atoms with Crippen molar-refractivity contribution >= 4 is 35.9 Å². The largest absolute Gasteiger partial charge is 0.467 e. The fourth-order valence-electron chi connectivity index (χ4n) is 3.23. The van der Waals surface area contributed by atoms with Crippen LogP contribution in [0.5, 0.6) is 5.75 Å². The molecule has 0 bridgehead atoms. The molecule has 2 aliphatic rings. The second kappa shape index (κ2) is 9.32. The first kappa shape index (κ1) is 20.5. The Labute approximate surface area is 179 Å². The summed E-state index contributed by atoms with van der Waals surface area (Å²) in [6.07, 6.45) is 3.47. The summed E-state index contributed by atoms with van der Waals surface area (Å²) in [6.45, 7) is 3.72. The topological polar surface area (TPSA) is 89.1 Å². The number of nitrogens with two attached hydrogens (primary N) is 1. The number of benzene rings is 1. The molecule has 0 unspecified atom stereocenters. The molecule has 3 heterocycles. The van der Waals surface area contributed by atoms with E-state index in [1.807, 2.05) is 4.90 Å². The molecule has 2 aromatic rings. The van der Waals surface area contributed by atoms with Crippen molar-refractivity contribution in [1.82, 2.24) is 14.9 Å². The number of halogens is 2. The van der Waals surface area contributed by atoms with Gasteiger partial charge in [0.1, 0.15) is 11.6 Å². The van der Waals surface area contributed by atoms with E-state index in [2.05, 4.69) is 19.9 Å². The van der Waals surface area contributed by atoms with Gasteiger partial charge in [0.2, 0.25) is 5.95 Å². The van der Waals surface area contributed by atoms with Gasteiger partial charge >= 0.3 is 0 Å². The van der Waals surface area contributed by atoms with Crippen LogP contribution in [0.2, 0.25) is 0 Å². The Bertz CT molecular complexity index is 830. The standard InChI is InChI=1S/C18H21FN6O2.HI/c19-15-8-13(16-14(9-15)11-26-12-27-16)10-23-17(20)24-4-6-25(7-5-24)18-21-2-1-3-22-18;/h1-3,8-9H,4-7,10-12H2,(H2,20,23);1H. The summed E-state index contributed by atoms with van der Waals surface area (Å²) < 4.78 is 24.5. The summed E-state index contributed by atoms with van der Waals surface area (Å²) in [5.74, 6) is 1.47. The van der Waals surface area contributed by atoms with Gasteiger partial charge in [-0.3, -0.25) is 0 Å². The van der Waals surface area contributed by atoms with Gasteiger partial charge in [0.15, 0.2) is 12.8 Å². The number of ether oxygens (including phenoxy) is 2. The number of nitrogens with zero attached hydrogens (tertiary/aromatic N) is 5. The summed E-state index contributed by atoms with van der Waals surface area (Å²) >= 11 is 0. The van der Waals surface area contributed by atoms with Crippen molar-refractivity contribution in [2.75, 3.05) is 37.9 Å². The number of hydrogen-bond acceptors (Lipinski definition) is 6. The highest BCUT2D eigenvalue weighted by molar-refractivity contribution is 14.0. The van der Waals surface area contributed by atoms with Crippen molar-refractivity contribution < 1.29 is 13.9 Å². The van der Waals surface area contributed by atoms with E-state index in [0.717, 1.165) is 32.1 Å². The number of aromatic nitrogens is 2. The Hall–Kier alpha value is -2.21. The zero-order valence-corrected chi connectivity index (χ0v) is 17.6. The van der Waals surface area contributed by atoms with E-state index in [1.165, 1.54) is 12.1 Å². The van der Waals surface area contributed by atoms with Crippen LogP contribution in [0.3, 0.4) is 0 Å². The maximum absolute atomic E-state index is 13.8. The lowest BCUT2D eigenvalue weighted by molar-refractivity contribution is -0.0172. The predicted molar refractivity (Wildman–Crippen MR) is 113 cm³/mol. The summed E-state index contributed by atoms with van der Waals surface area (Å²) in [7, 11) is 0. The monoisotopic (exact) mass is 500 g/mol. The highest BCUT2D eigenvalue weighted by Gasteiger charge is 2.21. The van der Waals surface area contributed by atoms with E-state index in [1.54, 1.807) is 18.5 Å². The van der Waals surface area contributed by atoms with E-state index in [-0.39, 0.29) is 43.1 Å². The molecule has 8 nitrogen and oxygen atoms in total.